The molecular formula is C35H34Cl2N6O5. The third-order valence-corrected chi connectivity index (χ3v) is 10.7. The van der Waals surface area contributed by atoms with Gasteiger partial charge in [-0.2, -0.15) is 0 Å². The Morgan fingerprint density at radius 3 is 2.33 bits per heavy atom. The topological polar surface area (TPSA) is 119 Å². The Balaban J connectivity index is 1.16. The van der Waals surface area contributed by atoms with Gasteiger partial charge in [0.25, 0.3) is 11.5 Å². The second kappa shape index (κ2) is 11.9. The molecule has 1 N–H and O–H groups in total. The lowest BCUT2D eigenvalue weighted by molar-refractivity contribution is -0.161. The largest absolute Gasteiger partial charge is 0.481 e. The van der Waals surface area contributed by atoms with Crippen LogP contribution in [-0.2, 0) is 25.3 Å². The van der Waals surface area contributed by atoms with E-state index in [1.165, 1.54) is 30.4 Å². The van der Waals surface area contributed by atoms with Crippen molar-refractivity contribution in [1.82, 2.24) is 23.9 Å². The molecule has 11 nitrogen and oxygen atoms in total. The van der Waals surface area contributed by atoms with Gasteiger partial charge in [0.05, 0.1) is 28.5 Å². The quantitative estimate of drug-likeness (QED) is 0.316. The zero-order valence-electron chi connectivity index (χ0n) is 27.0. The summed E-state index contributed by atoms with van der Waals surface area (Å²) in [7, 11) is 4.42. The van der Waals surface area contributed by atoms with Gasteiger partial charge in [0.2, 0.25) is 11.8 Å². The standard InChI is InChI=1S/C35H34Cl2N6O5/c1-19(44)42-15-35(16-42)17-43(18-35)27-12-11-20-13-26(39-32(48-4)28(20)27)23-9-5-7-21(29(23)36)22-8-6-10-25(30(22)37)38-31(45)24-14-40(2)34(47)41(3)33(24)46/h5-10,13-14,27H,11-12,15-18H2,1-4H3,(H,38,45)/t27-/m1/s1. The van der Waals surface area contributed by atoms with Gasteiger partial charge in [0, 0.05) is 87.1 Å². The fraction of sp³-hybridized carbons (Fsp3) is 0.343. The van der Waals surface area contributed by atoms with Gasteiger partial charge in [0.1, 0.15) is 5.56 Å². The Kier molecular flexibility index (Phi) is 7.97. The maximum absolute atomic E-state index is 13.1. The van der Waals surface area contributed by atoms with Gasteiger partial charge in [0.15, 0.2) is 0 Å². The van der Waals surface area contributed by atoms with E-state index in [1.54, 1.807) is 32.2 Å². The van der Waals surface area contributed by atoms with Gasteiger partial charge in [-0.3, -0.25) is 23.9 Å². The monoisotopic (exact) mass is 688 g/mol. The molecule has 48 heavy (non-hydrogen) atoms. The molecule has 2 fully saturated rings. The number of fused-ring (bicyclic) bond motifs is 1. The highest BCUT2D eigenvalue weighted by Gasteiger charge is 2.55. The van der Waals surface area contributed by atoms with Crippen molar-refractivity contribution in [3.63, 3.8) is 0 Å². The molecule has 3 aliphatic rings. The van der Waals surface area contributed by atoms with Gasteiger partial charge >= 0.3 is 5.69 Å². The number of carbonyl (C=O) groups is 2. The fourth-order valence-corrected chi connectivity index (χ4v) is 7.99. The van der Waals surface area contributed by atoms with Gasteiger partial charge in [-0.05, 0) is 30.5 Å². The van der Waals surface area contributed by atoms with E-state index >= 15 is 0 Å². The van der Waals surface area contributed by atoms with Crippen LogP contribution in [0, 0.1) is 5.41 Å². The van der Waals surface area contributed by atoms with E-state index < -0.39 is 17.2 Å². The SMILES string of the molecule is COc1nc(-c2cccc(-c3cccc(NC(=O)c4cn(C)c(=O)n(C)c4=O)c3Cl)c2Cl)cc2c1[C@H](N1CC3(CN(C(C)=O)C3)C1)CC2. The predicted molar refractivity (Wildman–Crippen MR) is 184 cm³/mol. The van der Waals surface area contributed by atoms with Crippen LogP contribution in [0.2, 0.25) is 10.0 Å². The van der Waals surface area contributed by atoms with E-state index in [9.17, 15) is 19.2 Å². The van der Waals surface area contributed by atoms with E-state index in [4.69, 9.17) is 32.9 Å². The lowest BCUT2D eigenvalue weighted by Crippen LogP contribution is -2.72. The lowest BCUT2D eigenvalue weighted by atomic mass is 9.72. The molecule has 4 aromatic rings. The summed E-state index contributed by atoms with van der Waals surface area (Å²) in [5, 5.41) is 3.38. The minimum atomic E-state index is -0.713. The number of aryl methyl sites for hydroxylation is 2. The van der Waals surface area contributed by atoms with Crippen LogP contribution in [0.1, 0.15) is 40.9 Å². The van der Waals surface area contributed by atoms with Crippen molar-refractivity contribution in [2.45, 2.75) is 25.8 Å². The molecule has 0 bridgehead atoms. The normalized spacial score (nSPS) is 17.9. The van der Waals surface area contributed by atoms with Crippen molar-refractivity contribution in [1.29, 1.82) is 0 Å². The third kappa shape index (κ3) is 5.21. The lowest BCUT2D eigenvalue weighted by Gasteiger charge is -2.61. The summed E-state index contributed by atoms with van der Waals surface area (Å²) in [6.45, 7) is 5.21. The molecule has 13 heteroatoms. The van der Waals surface area contributed by atoms with Gasteiger partial charge in [-0.15, -0.1) is 0 Å². The highest BCUT2D eigenvalue weighted by molar-refractivity contribution is 6.39. The number of halogens is 2. The summed E-state index contributed by atoms with van der Waals surface area (Å²) in [5.74, 6) is 0.0232. The van der Waals surface area contributed by atoms with Crippen LogP contribution in [0.4, 0.5) is 5.69 Å². The Morgan fingerprint density at radius 2 is 1.65 bits per heavy atom. The molecule has 2 aliphatic heterocycles. The molecule has 1 spiro atoms. The van der Waals surface area contributed by atoms with Crippen molar-refractivity contribution in [2.75, 3.05) is 38.6 Å². The second-order valence-electron chi connectivity index (χ2n) is 13.0. The average molecular weight is 690 g/mol. The molecule has 2 aromatic heterocycles. The number of amides is 2. The first-order chi connectivity index (χ1) is 22.9. The highest BCUT2D eigenvalue weighted by atomic mass is 35.5. The number of hydrogen-bond acceptors (Lipinski definition) is 7. The third-order valence-electron chi connectivity index (χ3n) is 9.84. The van der Waals surface area contributed by atoms with E-state index in [1.807, 2.05) is 23.1 Å². The molecule has 2 saturated heterocycles. The average Bonchev–Trinajstić information content (AvgIpc) is 3.45. The van der Waals surface area contributed by atoms with Gasteiger partial charge in [-0.1, -0.05) is 53.5 Å². The van der Waals surface area contributed by atoms with E-state index in [0.717, 1.165) is 49.2 Å². The number of pyridine rings is 1. The second-order valence-corrected chi connectivity index (χ2v) is 13.8. The van der Waals surface area contributed by atoms with Crippen LogP contribution in [-0.4, -0.2) is 69.0 Å². The van der Waals surface area contributed by atoms with Crippen molar-refractivity contribution < 1.29 is 14.3 Å². The van der Waals surface area contributed by atoms with E-state index in [2.05, 4.69) is 16.3 Å². The zero-order chi connectivity index (χ0) is 34.1. The van der Waals surface area contributed by atoms with Crippen molar-refractivity contribution in [3.8, 4) is 28.3 Å². The smallest absolute Gasteiger partial charge is 0.330 e. The van der Waals surface area contributed by atoms with Gasteiger partial charge < -0.3 is 19.5 Å². The Morgan fingerprint density at radius 1 is 0.979 bits per heavy atom. The number of carbonyl (C=O) groups excluding carboxylic acids is 2. The summed E-state index contributed by atoms with van der Waals surface area (Å²) in [5.41, 5.74) is 3.94. The molecule has 0 radical (unpaired) electrons. The molecule has 0 saturated carbocycles. The molecule has 1 atom stereocenters. The van der Waals surface area contributed by atoms with Crippen LogP contribution in [0.3, 0.4) is 0 Å². The number of benzene rings is 2. The van der Waals surface area contributed by atoms with E-state index in [-0.39, 0.29) is 33.6 Å². The summed E-state index contributed by atoms with van der Waals surface area (Å²) in [6.07, 6.45) is 3.06. The summed E-state index contributed by atoms with van der Waals surface area (Å²) in [4.78, 5) is 58.9. The van der Waals surface area contributed by atoms with Crippen molar-refractivity contribution in [3.05, 3.63) is 96.2 Å². The number of nitrogens with one attached hydrogen (secondary N) is 1. The number of anilines is 1. The summed E-state index contributed by atoms with van der Waals surface area (Å²) < 4.78 is 7.91. The van der Waals surface area contributed by atoms with Crippen molar-refractivity contribution >= 4 is 40.7 Å². The van der Waals surface area contributed by atoms with Crippen LogP contribution in [0.5, 0.6) is 5.88 Å². The molecule has 7 rings (SSSR count). The van der Waals surface area contributed by atoms with Gasteiger partial charge in [-0.25, -0.2) is 9.78 Å². The number of likely N-dealkylation sites (tertiary alicyclic amines) is 2. The van der Waals surface area contributed by atoms with Crippen LogP contribution < -0.4 is 21.3 Å². The summed E-state index contributed by atoms with van der Waals surface area (Å²) >= 11 is 13.9. The Labute approximate surface area is 286 Å². The van der Waals surface area contributed by atoms with Crippen LogP contribution in [0.25, 0.3) is 22.4 Å². The molecule has 248 valence electrons. The molecule has 0 unspecified atom stereocenters. The van der Waals surface area contributed by atoms with Crippen LogP contribution in [0.15, 0.2) is 58.3 Å². The minimum absolute atomic E-state index is 0.138. The maximum atomic E-state index is 13.1. The predicted octanol–water partition coefficient (Wildman–Crippen LogP) is 4.53. The molecule has 2 aromatic carbocycles. The first kappa shape index (κ1) is 32.1. The van der Waals surface area contributed by atoms with Crippen LogP contribution >= 0.6 is 23.2 Å². The number of rotatable bonds is 6. The fourth-order valence-electron chi connectivity index (χ4n) is 7.39. The first-order valence-corrected chi connectivity index (χ1v) is 16.4. The number of methoxy groups -OCH3 is 1. The minimum Gasteiger partial charge on any atom is -0.481 e. The first-order valence-electron chi connectivity index (χ1n) is 15.6. The van der Waals surface area contributed by atoms with E-state index in [0.29, 0.717) is 33.3 Å². The molecule has 1 aliphatic carbocycles. The Bertz CT molecular complexity index is 2130. The number of ether oxygens (including phenoxy) is 1. The van der Waals surface area contributed by atoms with Crippen molar-refractivity contribution in [2.24, 2.45) is 19.5 Å². The highest BCUT2D eigenvalue weighted by Crippen LogP contribution is 2.50. The number of aromatic nitrogens is 3. The number of nitrogens with zero attached hydrogens (tertiary/aromatic N) is 5. The molecule has 2 amide bonds. The zero-order valence-corrected chi connectivity index (χ0v) is 28.5. The Hall–Kier alpha value is -4.45. The summed E-state index contributed by atoms with van der Waals surface area (Å²) in [6, 6.07) is 13.1. The maximum Gasteiger partial charge on any atom is 0.330 e. The molecule has 4 heterocycles. The molecular weight excluding hydrogens is 655 g/mol. The number of hydrogen-bond donors (Lipinski definition) is 1.